The molecule has 80 valence electrons. The number of amides is 1. The third kappa shape index (κ3) is 2.46. The van der Waals surface area contributed by atoms with Crippen molar-refractivity contribution in [1.29, 1.82) is 0 Å². The van der Waals surface area contributed by atoms with Gasteiger partial charge in [0.1, 0.15) is 5.82 Å². The number of anilines is 1. The van der Waals surface area contributed by atoms with Gasteiger partial charge in [-0.25, -0.2) is 4.39 Å². The van der Waals surface area contributed by atoms with Gasteiger partial charge in [-0.15, -0.1) is 0 Å². The average molecular weight is 208 g/mol. The lowest BCUT2D eigenvalue weighted by Gasteiger charge is -2.24. The van der Waals surface area contributed by atoms with Gasteiger partial charge < -0.3 is 0 Å². The predicted molar refractivity (Wildman–Crippen MR) is 55.5 cm³/mol. The second-order valence-corrected chi connectivity index (χ2v) is 3.75. The molecule has 0 unspecified atom stereocenters. The van der Waals surface area contributed by atoms with Crippen molar-refractivity contribution in [2.45, 2.75) is 19.3 Å². The van der Waals surface area contributed by atoms with E-state index in [4.69, 9.17) is 0 Å². The van der Waals surface area contributed by atoms with Crippen molar-refractivity contribution in [3.05, 3.63) is 30.1 Å². The normalized spacial score (nSPS) is 15.5. The van der Waals surface area contributed by atoms with Crippen molar-refractivity contribution in [2.75, 3.05) is 5.43 Å². The van der Waals surface area contributed by atoms with E-state index in [0.29, 0.717) is 5.69 Å². The lowest BCUT2D eigenvalue weighted by Crippen LogP contribution is -2.37. The zero-order valence-electron chi connectivity index (χ0n) is 8.29. The Hall–Kier alpha value is -1.58. The molecule has 1 fully saturated rings. The van der Waals surface area contributed by atoms with Crippen LogP contribution in [0.1, 0.15) is 19.3 Å². The van der Waals surface area contributed by atoms with Crippen LogP contribution in [0.25, 0.3) is 0 Å². The smallest absolute Gasteiger partial charge is 0.241 e. The molecule has 0 heterocycles. The van der Waals surface area contributed by atoms with Gasteiger partial charge in [-0.2, -0.15) is 0 Å². The van der Waals surface area contributed by atoms with E-state index in [0.717, 1.165) is 19.3 Å². The van der Waals surface area contributed by atoms with Crippen molar-refractivity contribution < 1.29 is 9.18 Å². The Kier molecular flexibility index (Phi) is 2.85. The number of hydrazine groups is 1. The molecule has 4 heteroatoms. The maximum absolute atomic E-state index is 12.6. The summed E-state index contributed by atoms with van der Waals surface area (Å²) in [6.45, 7) is 0. The second kappa shape index (κ2) is 4.29. The molecule has 1 aromatic carbocycles. The van der Waals surface area contributed by atoms with Crippen LogP contribution in [0.5, 0.6) is 0 Å². The number of carbonyl (C=O) groups excluding carboxylic acids is 1. The molecular formula is C11H13FN2O. The molecular weight excluding hydrogens is 195 g/mol. The summed E-state index contributed by atoms with van der Waals surface area (Å²) < 4.78 is 12.6. The zero-order chi connectivity index (χ0) is 10.7. The first-order valence-corrected chi connectivity index (χ1v) is 5.07. The van der Waals surface area contributed by atoms with Crippen LogP contribution in [0.2, 0.25) is 0 Å². The SMILES string of the molecule is O=C(NNc1ccc(F)cc1)C1CCC1. The largest absolute Gasteiger partial charge is 0.299 e. The monoisotopic (exact) mass is 208 g/mol. The zero-order valence-corrected chi connectivity index (χ0v) is 8.29. The van der Waals surface area contributed by atoms with Gasteiger partial charge in [-0.1, -0.05) is 6.42 Å². The third-order valence-corrected chi connectivity index (χ3v) is 2.65. The molecule has 0 bridgehead atoms. The third-order valence-electron chi connectivity index (χ3n) is 2.65. The van der Waals surface area contributed by atoms with Gasteiger partial charge in [-0.3, -0.25) is 15.6 Å². The summed E-state index contributed by atoms with van der Waals surface area (Å²) in [6, 6.07) is 5.85. The van der Waals surface area contributed by atoms with Crippen molar-refractivity contribution in [1.82, 2.24) is 5.43 Å². The standard InChI is InChI=1S/C11H13FN2O/c12-9-4-6-10(7-5-9)13-14-11(15)8-2-1-3-8/h4-8,13H,1-3H2,(H,14,15). The number of nitrogens with one attached hydrogen (secondary N) is 2. The Morgan fingerprint density at radius 2 is 1.93 bits per heavy atom. The summed E-state index contributed by atoms with van der Waals surface area (Å²) in [7, 11) is 0. The molecule has 0 atom stereocenters. The van der Waals surface area contributed by atoms with Gasteiger partial charge in [0, 0.05) is 5.92 Å². The number of hydrogen-bond donors (Lipinski definition) is 2. The number of benzene rings is 1. The highest BCUT2D eigenvalue weighted by Gasteiger charge is 2.24. The summed E-state index contributed by atoms with van der Waals surface area (Å²) in [6.07, 6.45) is 3.07. The number of carbonyl (C=O) groups is 1. The summed E-state index contributed by atoms with van der Waals surface area (Å²) in [5, 5.41) is 0. The fourth-order valence-corrected chi connectivity index (χ4v) is 1.44. The van der Waals surface area contributed by atoms with Gasteiger partial charge >= 0.3 is 0 Å². The van der Waals surface area contributed by atoms with E-state index in [1.54, 1.807) is 12.1 Å². The van der Waals surface area contributed by atoms with Crippen molar-refractivity contribution in [2.24, 2.45) is 5.92 Å². The quantitative estimate of drug-likeness (QED) is 0.746. The Balaban J connectivity index is 1.82. The van der Waals surface area contributed by atoms with Crippen LogP contribution in [0, 0.1) is 11.7 Å². The van der Waals surface area contributed by atoms with E-state index in [-0.39, 0.29) is 17.6 Å². The molecule has 2 N–H and O–H groups in total. The summed E-state index contributed by atoms with van der Waals surface area (Å²) in [4.78, 5) is 11.4. The molecule has 0 saturated heterocycles. The fraction of sp³-hybridized carbons (Fsp3) is 0.364. The lowest BCUT2D eigenvalue weighted by atomic mass is 9.85. The van der Waals surface area contributed by atoms with E-state index in [2.05, 4.69) is 10.9 Å². The predicted octanol–water partition coefficient (Wildman–Crippen LogP) is 2.07. The first kappa shape index (κ1) is 9.96. The van der Waals surface area contributed by atoms with Crippen LogP contribution in [-0.2, 0) is 4.79 Å². The van der Waals surface area contributed by atoms with Gasteiger partial charge in [-0.05, 0) is 37.1 Å². The minimum absolute atomic E-state index is 0.0191. The highest BCUT2D eigenvalue weighted by Crippen LogP contribution is 2.26. The Labute approximate surface area is 87.6 Å². The molecule has 1 aliphatic rings. The van der Waals surface area contributed by atoms with Gasteiger partial charge in [0.15, 0.2) is 0 Å². The number of hydrogen-bond acceptors (Lipinski definition) is 2. The van der Waals surface area contributed by atoms with Gasteiger partial charge in [0.2, 0.25) is 5.91 Å². The number of halogens is 1. The Bertz CT molecular complexity index is 346. The average Bonchev–Trinajstić information content (AvgIpc) is 2.14. The molecule has 3 nitrogen and oxygen atoms in total. The maximum atomic E-state index is 12.6. The molecule has 2 rings (SSSR count). The molecule has 0 radical (unpaired) electrons. The van der Waals surface area contributed by atoms with E-state index in [9.17, 15) is 9.18 Å². The molecule has 15 heavy (non-hydrogen) atoms. The minimum Gasteiger partial charge on any atom is -0.299 e. The van der Waals surface area contributed by atoms with Crippen LogP contribution in [0.4, 0.5) is 10.1 Å². The van der Waals surface area contributed by atoms with E-state index in [1.807, 2.05) is 0 Å². The summed E-state index contributed by atoms with van der Waals surface area (Å²) >= 11 is 0. The minimum atomic E-state index is -0.286. The Morgan fingerprint density at radius 3 is 2.47 bits per heavy atom. The highest BCUT2D eigenvalue weighted by molar-refractivity contribution is 5.80. The molecule has 0 aliphatic heterocycles. The molecule has 1 amide bonds. The summed E-state index contributed by atoms with van der Waals surface area (Å²) in [5.41, 5.74) is 6.05. The number of rotatable bonds is 3. The van der Waals surface area contributed by atoms with Crippen molar-refractivity contribution in [3.8, 4) is 0 Å². The Morgan fingerprint density at radius 1 is 1.27 bits per heavy atom. The van der Waals surface area contributed by atoms with E-state index < -0.39 is 0 Å². The molecule has 1 saturated carbocycles. The van der Waals surface area contributed by atoms with E-state index in [1.165, 1.54) is 12.1 Å². The lowest BCUT2D eigenvalue weighted by molar-refractivity contribution is -0.126. The van der Waals surface area contributed by atoms with Crippen molar-refractivity contribution >= 4 is 11.6 Å². The topological polar surface area (TPSA) is 41.1 Å². The molecule has 0 spiro atoms. The first-order chi connectivity index (χ1) is 7.25. The van der Waals surface area contributed by atoms with Gasteiger partial charge in [0.25, 0.3) is 0 Å². The first-order valence-electron chi connectivity index (χ1n) is 5.07. The van der Waals surface area contributed by atoms with Gasteiger partial charge in [0.05, 0.1) is 5.69 Å². The van der Waals surface area contributed by atoms with Crippen molar-refractivity contribution in [3.63, 3.8) is 0 Å². The van der Waals surface area contributed by atoms with Crippen LogP contribution < -0.4 is 10.9 Å². The van der Waals surface area contributed by atoms with Crippen LogP contribution in [-0.4, -0.2) is 5.91 Å². The molecule has 0 aromatic heterocycles. The highest BCUT2D eigenvalue weighted by atomic mass is 19.1. The second-order valence-electron chi connectivity index (χ2n) is 3.75. The van der Waals surface area contributed by atoms with E-state index >= 15 is 0 Å². The molecule has 1 aromatic rings. The fourth-order valence-electron chi connectivity index (χ4n) is 1.44. The maximum Gasteiger partial charge on any atom is 0.241 e. The van der Waals surface area contributed by atoms with Crippen LogP contribution in [0.3, 0.4) is 0 Å². The van der Waals surface area contributed by atoms with Crippen LogP contribution >= 0.6 is 0 Å². The van der Waals surface area contributed by atoms with Crippen LogP contribution in [0.15, 0.2) is 24.3 Å². The summed E-state index contributed by atoms with van der Waals surface area (Å²) in [5.74, 6) is -0.116. The molecule has 1 aliphatic carbocycles.